The van der Waals surface area contributed by atoms with E-state index in [0.29, 0.717) is 12.0 Å². The van der Waals surface area contributed by atoms with Gasteiger partial charge in [0.1, 0.15) is 5.82 Å². The summed E-state index contributed by atoms with van der Waals surface area (Å²) in [6, 6.07) is 6.90. The van der Waals surface area contributed by atoms with Gasteiger partial charge in [-0.2, -0.15) is 0 Å². The molecule has 0 bridgehead atoms. The molecule has 1 aromatic carbocycles. The van der Waals surface area contributed by atoms with Gasteiger partial charge in [-0.1, -0.05) is 19.8 Å². The maximum absolute atomic E-state index is 13.1. The quantitative estimate of drug-likeness (QED) is 0.909. The summed E-state index contributed by atoms with van der Waals surface area (Å²) < 4.78 is 13.1. The summed E-state index contributed by atoms with van der Waals surface area (Å²) in [5, 5.41) is 3.28. The topological polar surface area (TPSA) is 35.6 Å². The molecule has 1 saturated carbocycles. The third-order valence-corrected chi connectivity index (χ3v) is 5.87. The van der Waals surface area contributed by atoms with E-state index >= 15 is 0 Å². The number of nitrogens with one attached hydrogen (secondary N) is 1. The summed E-state index contributed by atoms with van der Waals surface area (Å²) in [6.07, 6.45) is 4.84. The fraction of sp³-hybridized carbons (Fsp3) is 0.650. The molecule has 0 aromatic heterocycles. The average molecular weight is 347 g/mol. The van der Waals surface area contributed by atoms with Crippen molar-refractivity contribution in [3.63, 3.8) is 0 Å². The van der Waals surface area contributed by atoms with Gasteiger partial charge in [-0.3, -0.25) is 9.69 Å². The van der Waals surface area contributed by atoms with E-state index < -0.39 is 0 Å². The van der Waals surface area contributed by atoms with Crippen LogP contribution in [0.5, 0.6) is 0 Å². The van der Waals surface area contributed by atoms with Gasteiger partial charge in [0.15, 0.2) is 0 Å². The van der Waals surface area contributed by atoms with Crippen LogP contribution in [-0.4, -0.2) is 49.1 Å². The van der Waals surface area contributed by atoms with Crippen LogP contribution in [0.25, 0.3) is 0 Å². The van der Waals surface area contributed by atoms with Crippen LogP contribution >= 0.6 is 0 Å². The summed E-state index contributed by atoms with van der Waals surface area (Å²) in [6.45, 7) is 7.69. The van der Waals surface area contributed by atoms with E-state index in [2.05, 4.69) is 22.0 Å². The molecule has 138 valence electrons. The van der Waals surface area contributed by atoms with Crippen molar-refractivity contribution in [3.05, 3.63) is 30.1 Å². The first-order valence-corrected chi connectivity index (χ1v) is 9.59. The average Bonchev–Trinajstić information content (AvgIpc) is 2.64. The molecular formula is C20H30FN3O. The van der Waals surface area contributed by atoms with Crippen LogP contribution < -0.4 is 10.2 Å². The molecule has 2 fully saturated rings. The number of carbonyl (C=O) groups excluding carboxylic acids is 1. The Hall–Kier alpha value is -1.62. The predicted octanol–water partition coefficient (Wildman–Crippen LogP) is 3.03. The molecule has 1 saturated heterocycles. The summed E-state index contributed by atoms with van der Waals surface area (Å²) in [5.74, 6) is 0.541. The van der Waals surface area contributed by atoms with E-state index in [4.69, 9.17) is 0 Å². The zero-order chi connectivity index (χ0) is 17.8. The smallest absolute Gasteiger partial charge is 0.237 e. The standard InChI is InChI=1S/C20H30FN3O/c1-15-5-3-4-6-19(15)22-20(25)16(2)23-11-13-24(14-12-23)18-9-7-17(21)8-10-18/h7-10,15-16,19H,3-6,11-14H2,1-2H3,(H,22,25)/t15-,16-,19+/m1/s1. The minimum absolute atomic E-state index is 0.0931. The lowest BCUT2D eigenvalue weighted by Crippen LogP contribution is -2.55. The van der Waals surface area contributed by atoms with Crippen LogP contribution in [0, 0.1) is 11.7 Å². The van der Waals surface area contributed by atoms with E-state index in [1.165, 1.54) is 31.4 Å². The van der Waals surface area contributed by atoms with Gasteiger partial charge in [-0.15, -0.1) is 0 Å². The summed E-state index contributed by atoms with van der Waals surface area (Å²) >= 11 is 0. The summed E-state index contributed by atoms with van der Waals surface area (Å²) in [7, 11) is 0. The minimum atomic E-state index is -0.204. The molecule has 1 aliphatic heterocycles. The fourth-order valence-electron chi connectivity index (χ4n) is 4.02. The molecule has 1 amide bonds. The number of halogens is 1. The lowest BCUT2D eigenvalue weighted by atomic mass is 9.86. The number of carbonyl (C=O) groups is 1. The van der Waals surface area contributed by atoms with Crippen LogP contribution in [0.1, 0.15) is 39.5 Å². The number of hydrogen-bond donors (Lipinski definition) is 1. The van der Waals surface area contributed by atoms with Crippen molar-refractivity contribution in [1.82, 2.24) is 10.2 Å². The van der Waals surface area contributed by atoms with Gasteiger partial charge in [-0.05, 0) is 49.9 Å². The van der Waals surface area contributed by atoms with Crippen LogP contribution in [0.4, 0.5) is 10.1 Å². The second-order valence-electron chi connectivity index (χ2n) is 7.55. The van der Waals surface area contributed by atoms with E-state index in [1.54, 1.807) is 0 Å². The molecule has 1 N–H and O–H groups in total. The molecule has 3 atom stereocenters. The SMILES string of the molecule is C[C@@H]1CCCC[C@@H]1NC(=O)[C@@H](C)N1CCN(c2ccc(F)cc2)CC1. The molecule has 0 radical (unpaired) electrons. The number of hydrogen-bond acceptors (Lipinski definition) is 3. The van der Waals surface area contributed by atoms with Gasteiger partial charge in [0.05, 0.1) is 6.04 Å². The highest BCUT2D eigenvalue weighted by molar-refractivity contribution is 5.81. The van der Waals surface area contributed by atoms with Gasteiger partial charge >= 0.3 is 0 Å². The molecule has 1 aromatic rings. The fourth-order valence-corrected chi connectivity index (χ4v) is 4.02. The molecule has 1 heterocycles. The van der Waals surface area contributed by atoms with Crippen molar-refractivity contribution in [2.75, 3.05) is 31.1 Å². The Morgan fingerprint density at radius 2 is 1.76 bits per heavy atom. The largest absolute Gasteiger partial charge is 0.369 e. The van der Waals surface area contributed by atoms with E-state index in [0.717, 1.165) is 38.3 Å². The number of amides is 1. The Morgan fingerprint density at radius 3 is 2.40 bits per heavy atom. The Labute approximate surface area is 150 Å². The Morgan fingerprint density at radius 1 is 1.12 bits per heavy atom. The Kier molecular flexibility index (Phi) is 5.94. The zero-order valence-corrected chi connectivity index (χ0v) is 15.4. The predicted molar refractivity (Wildman–Crippen MR) is 99.2 cm³/mol. The third kappa shape index (κ3) is 4.51. The summed E-state index contributed by atoms with van der Waals surface area (Å²) in [5.41, 5.74) is 1.05. The molecule has 4 nitrogen and oxygen atoms in total. The molecule has 2 aliphatic rings. The maximum Gasteiger partial charge on any atom is 0.237 e. The lowest BCUT2D eigenvalue weighted by Gasteiger charge is -2.39. The zero-order valence-electron chi connectivity index (χ0n) is 15.4. The van der Waals surface area contributed by atoms with Crippen molar-refractivity contribution in [1.29, 1.82) is 0 Å². The highest BCUT2D eigenvalue weighted by Gasteiger charge is 2.29. The first-order valence-electron chi connectivity index (χ1n) is 9.59. The van der Waals surface area contributed by atoms with Crippen molar-refractivity contribution in [2.24, 2.45) is 5.92 Å². The highest BCUT2D eigenvalue weighted by Crippen LogP contribution is 2.24. The molecule has 5 heteroatoms. The molecule has 3 rings (SSSR count). The van der Waals surface area contributed by atoms with Gasteiger partial charge in [0.2, 0.25) is 5.91 Å². The normalized spacial score (nSPS) is 26.3. The Bertz CT molecular complexity index is 569. The van der Waals surface area contributed by atoms with E-state index in [9.17, 15) is 9.18 Å². The van der Waals surface area contributed by atoms with Crippen molar-refractivity contribution >= 4 is 11.6 Å². The Balaban J connectivity index is 1.49. The molecule has 0 spiro atoms. The second kappa shape index (κ2) is 8.17. The highest BCUT2D eigenvalue weighted by atomic mass is 19.1. The third-order valence-electron chi connectivity index (χ3n) is 5.87. The van der Waals surface area contributed by atoms with Gasteiger partial charge in [0.25, 0.3) is 0 Å². The monoisotopic (exact) mass is 347 g/mol. The van der Waals surface area contributed by atoms with E-state index in [-0.39, 0.29) is 17.8 Å². The molecule has 25 heavy (non-hydrogen) atoms. The van der Waals surface area contributed by atoms with Gasteiger partial charge in [-0.25, -0.2) is 4.39 Å². The van der Waals surface area contributed by atoms with Crippen molar-refractivity contribution in [2.45, 2.75) is 51.6 Å². The van der Waals surface area contributed by atoms with Gasteiger partial charge in [0, 0.05) is 37.9 Å². The van der Waals surface area contributed by atoms with Crippen LogP contribution in [0.3, 0.4) is 0 Å². The van der Waals surface area contributed by atoms with E-state index in [1.807, 2.05) is 19.1 Å². The number of nitrogens with zero attached hydrogens (tertiary/aromatic N) is 2. The number of piperazine rings is 1. The minimum Gasteiger partial charge on any atom is -0.369 e. The van der Waals surface area contributed by atoms with Crippen molar-refractivity contribution in [3.8, 4) is 0 Å². The van der Waals surface area contributed by atoms with Crippen LogP contribution in [-0.2, 0) is 4.79 Å². The number of benzene rings is 1. The number of rotatable bonds is 4. The molecule has 1 aliphatic carbocycles. The maximum atomic E-state index is 13.1. The second-order valence-corrected chi connectivity index (χ2v) is 7.55. The van der Waals surface area contributed by atoms with Crippen molar-refractivity contribution < 1.29 is 9.18 Å². The van der Waals surface area contributed by atoms with Crippen LogP contribution in [0.2, 0.25) is 0 Å². The molecule has 0 unspecified atom stereocenters. The number of anilines is 1. The van der Waals surface area contributed by atoms with Gasteiger partial charge < -0.3 is 10.2 Å². The molecular weight excluding hydrogens is 317 g/mol. The first-order chi connectivity index (χ1) is 12.0. The lowest BCUT2D eigenvalue weighted by molar-refractivity contribution is -0.127. The first kappa shape index (κ1) is 18.2. The van der Waals surface area contributed by atoms with Crippen LogP contribution in [0.15, 0.2) is 24.3 Å². The summed E-state index contributed by atoms with van der Waals surface area (Å²) in [4.78, 5) is 17.1.